The van der Waals surface area contributed by atoms with E-state index in [1.165, 1.54) is 10.6 Å². The van der Waals surface area contributed by atoms with Gasteiger partial charge in [-0.15, -0.1) is 0 Å². The number of aryl methyl sites for hydroxylation is 1. The zero-order valence-electron chi connectivity index (χ0n) is 20.9. The van der Waals surface area contributed by atoms with Crippen molar-refractivity contribution in [2.24, 2.45) is 0 Å². The van der Waals surface area contributed by atoms with Gasteiger partial charge in [0.05, 0.1) is 28.9 Å². The van der Waals surface area contributed by atoms with E-state index in [2.05, 4.69) is 10.6 Å². The highest BCUT2D eigenvalue weighted by Gasteiger charge is 2.23. The van der Waals surface area contributed by atoms with Gasteiger partial charge >= 0.3 is 0 Å². The molecular weight excluding hydrogens is 471 g/mol. The van der Waals surface area contributed by atoms with Crippen molar-refractivity contribution in [1.29, 1.82) is 5.41 Å². The van der Waals surface area contributed by atoms with Crippen LogP contribution in [0.1, 0.15) is 35.9 Å². The fraction of sp³-hybridized carbons (Fsp3) is 0.214. The number of nitrogens with one attached hydrogen (secondary N) is 3. The Morgan fingerprint density at radius 1 is 1.22 bits per heavy atom. The maximum absolute atomic E-state index is 15.0. The Kier molecular flexibility index (Phi) is 6.20. The number of anilines is 1. The second-order valence-corrected chi connectivity index (χ2v) is 9.08. The number of nitrogens with zero attached hydrogens (tertiary/aromatic N) is 3. The van der Waals surface area contributed by atoms with E-state index in [0.29, 0.717) is 46.7 Å². The molecule has 1 fully saturated rings. The maximum atomic E-state index is 15.0. The number of carbonyl (C=O) groups is 1. The van der Waals surface area contributed by atoms with E-state index in [1.54, 1.807) is 42.9 Å². The number of benzene rings is 2. The average molecular weight is 499 g/mol. The molecule has 5 rings (SSSR count). The molecule has 4 aromatic rings. The summed E-state index contributed by atoms with van der Waals surface area (Å²) in [6, 6.07) is 13.7. The first-order valence-corrected chi connectivity index (χ1v) is 12.0. The predicted octanol–water partition coefficient (Wildman–Crippen LogP) is 4.02. The second-order valence-electron chi connectivity index (χ2n) is 9.08. The molecule has 0 aliphatic carbocycles. The lowest BCUT2D eigenvalue weighted by Gasteiger charge is -2.17. The molecule has 2 aromatic carbocycles. The van der Waals surface area contributed by atoms with Crippen LogP contribution in [0.5, 0.6) is 0 Å². The summed E-state index contributed by atoms with van der Waals surface area (Å²) >= 11 is 0. The first-order valence-electron chi connectivity index (χ1n) is 12.0. The second kappa shape index (κ2) is 9.50. The van der Waals surface area contributed by atoms with Crippen LogP contribution in [0.15, 0.2) is 58.9 Å². The Bertz CT molecular complexity index is 1660. The van der Waals surface area contributed by atoms with E-state index in [1.807, 2.05) is 31.2 Å². The number of fused-ring (bicyclic) bond motifs is 1. The van der Waals surface area contributed by atoms with Crippen LogP contribution in [0.3, 0.4) is 0 Å². The molecule has 0 radical (unpaired) electrons. The molecule has 1 saturated heterocycles. The topological polar surface area (TPSA) is 105 Å². The largest absolute Gasteiger partial charge is 0.373 e. The fourth-order valence-corrected chi connectivity index (χ4v) is 4.92. The standard InChI is InChI=1S/C28H27FN6O2/c1-16-7-6-8-18-13-20(35(28(37)24(16)18)23-10-5-4-9-21(23)29)15-34-26(31-3)25(17(2)30)22(33-34)14-19-11-12-32-27(19)36/h4-10,13-14,30-31H,11-12,15H2,1-3H3,(H,32,36)/b19-14-,30-17?. The van der Waals surface area contributed by atoms with Crippen molar-refractivity contribution in [1.82, 2.24) is 19.7 Å². The summed E-state index contributed by atoms with van der Waals surface area (Å²) in [5.74, 6) is -0.0937. The number of hydrogen-bond donors (Lipinski definition) is 3. The van der Waals surface area contributed by atoms with Gasteiger partial charge in [0.1, 0.15) is 11.6 Å². The first kappa shape index (κ1) is 24.2. The summed E-state index contributed by atoms with van der Waals surface area (Å²) in [7, 11) is 1.73. The minimum atomic E-state index is -0.512. The number of pyridine rings is 1. The summed E-state index contributed by atoms with van der Waals surface area (Å²) in [4.78, 5) is 26.0. The van der Waals surface area contributed by atoms with Gasteiger partial charge in [-0.05, 0) is 55.5 Å². The van der Waals surface area contributed by atoms with Crippen molar-refractivity contribution in [3.63, 3.8) is 0 Å². The quantitative estimate of drug-likeness (QED) is 0.276. The smallest absolute Gasteiger partial charge is 0.263 e. The molecule has 8 nitrogen and oxygen atoms in total. The van der Waals surface area contributed by atoms with Gasteiger partial charge in [0.25, 0.3) is 5.56 Å². The number of aromatic nitrogens is 3. The van der Waals surface area contributed by atoms with E-state index >= 15 is 0 Å². The minimum absolute atomic E-state index is 0.124. The first-order chi connectivity index (χ1) is 17.8. The van der Waals surface area contributed by atoms with E-state index in [9.17, 15) is 14.0 Å². The third kappa shape index (κ3) is 4.22. The Morgan fingerprint density at radius 3 is 2.68 bits per heavy atom. The fourth-order valence-electron chi connectivity index (χ4n) is 4.92. The van der Waals surface area contributed by atoms with E-state index < -0.39 is 5.82 Å². The summed E-state index contributed by atoms with van der Waals surface area (Å²) in [5, 5.41) is 20.3. The van der Waals surface area contributed by atoms with Gasteiger partial charge < -0.3 is 16.0 Å². The Balaban J connectivity index is 1.74. The summed E-state index contributed by atoms with van der Waals surface area (Å²) in [6.45, 7) is 4.21. The van der Waals surface area contributed by atoms with Crippen molar-refractivity contribution in [2.75, 3.05) is 18.9 Å². The molecule has 0 saturated carbocycles. The number of halogens is 1. The molecule has 0 atom stereocenters. The number of rotatable bonds is 6. The molecule has 3 N–H and O–H groups in total. The Hall–Kier alpha value is -4.53. The zero-order valence-corrected chi connectivity index (χ0v) is 20.9. The highest BCUT2D eigenvalue weighted by atomic mass is 19.1. The van der Waals surface area contributed by atoms with Crippen molar-refractivity contribution in [3.8, 4) is 5.69 Å². The SMILES string of the molecule is CNc1c(C(C)=N)c(/C=C2/CCNC2=O)nn1Cc1cc2cccc(C)c2c(=O)n1-c1ccccc1F. The van der Waals surface area contributed by atoms with Crippen molar-refractivity contribution in [3.05, 3.63) is 92.8 Å². The van der Waals surface area contributed by atoms with Crippen molar-refractivity contribution >= 4 is 34.3 Å². The summed E-state index contributed by atoms with van der Waals surface area (Å²) in [6.07, 6.45) is 2.29. The highest BCUT2D eigenvalue weighted by Crippen LogP contribution is 2.27. The number of para-hydroxylation sites is 1. The molecule has 9 heteroatoms. The van der Waals surface area contributed by atoms with Gasteiger partial charge in [0.15, 0.2) is 0 Å². The molecule has 1 amide bonds. The molecule has 0 spiro atoms. The maximum Gasteiger partial charge on any atom is 0.263 e. The molecule has 1 aliphatic rings. The van der Waals surface area contributed by atoms with Crippen LogP contribution >= 0.6 is 0 Å². The monoisotopic (exact) mass is 498 g/mol. The van der Waals surface area contributed by atoms with Gasteiger partial charge in [0.2, 0.25) is 5.91 Å². The molecule has 2 aromatic heterocycles. The predicted molar refractivity (Wildman–Crippen MR) is 143 cm³/mol. The molecule has 0 bridgehead atoms. The van der Waals surface area contributed by atoms with E-state index in [0.717, 1.165) is 10.9 Å². The van der Waals surface area contributed by atoms with Crippen LogP contribution in [0, 0.1) is 18.2 Å². The van der Waals surface area contributed by atoms with Crippen LogP contribution < -0.4 is 16.2 Å². The zero-order chi connectivity index (χ0) is 26.3. The molecule has 0 unspecified atom stereocenters. The third-order valence-corrected chi connectivity index (χ3v) is 6.61. The van der Waals surface area contributed by atoms with Crippen LogP contribution in [0.25, 0.3) is 22.5 Å². The molecule has 1 aliphatic heterocycles. The van der Waals surface area contributed by atoms with Gasteiger partial charge in [-0.1, -0.05) is 30.3 Å². The lowest BCUT2D eigenvalue weighted by molar-refractivity contribution is -0.116. The number of carbonyl (C=O) groups excluding carboxylic acids is 1. The number of amides is 1. The molecule has 37 heavy (non-hydrogen) atoms. The van der Waals surface area contributed by atoms with E-state index in [4.69, 9.17) is 10.5 Å². The Labute approximate surface area is 212 Å². The summed E-state index contributed by atoms with van der Waals surface area (Å²) < 4.78 is 18.0. The van der Waals surface area contributed by atoms with E-state index in [-0.39, 0.29) is 29.4 Å². The normalized spacial score (nSPS) is 14.4. The van der Waals surface area contributed by atoms with Crippen molar-refractivity contribution in [2.45, 2.75) is 26.8 Å². The third-order valence-electron chi connectivity index (χ3n) is 6.61. The van der Waals surface area contributed by atoms with Gasteiger partial charge in [-0.2, -0.15) is 5.10 Å². The highest BCUT2D eigenvalue weighted by molar-refractivity contribution is 6.06. The minimum Gasteiger partial charge on any atom is -0.373 e. The lowest BCUT2D eigenvalue weighted by atomic mass is 10.1. The van der Waals surface area contributed by atoms with Gasteiger partial charge in [-0.25, -0.2) is 9.07 Å². The van der Waals surface area contributed by atoms with Gasteiger partial charge in [0, 0.05) is 30.6 Å². The lowest BCUT2D eigenvalue weighted by Crippen LogP contribution is -2.25. The van der Waals surface area contributed by atoms with Crippen LogP contribution in [-0.2, 0) is 11.3 Å². The van der Waals surface area contributed by atoms with Crippen molar-refractivity contribution < 1.29 is 9.18 Å². The molecule has 188 valence electrons. The summed E-state index contributed by atoms with van der Waals surface area (Å²) in [5.41, 5.74) is 3.09. The van der Waals surface area contributed by atoms with Crippen LogP contribution in [0.2, 0.25) is 0 Å². The van der Waals surface area contributed by atoms with Gasteiger partial charge in [-0.3, -0.25) is 14.2 Å². The van der Waals surface area contributed by atoms with Crippen LogP contribution in [-0.4, -0.2) is 39.6 Å². The number of hydrogen-bond acceptors (Lipinski definition) is 5. The average Bonchev–Trinajstić information content (AvgIpc) is 3.42. The molecule has 3 heterocycles. The Morgan fingerprint density at radius 2 is 2.00 bits per heavy atom. The van der Waals surface area contributed by atoms with Crippen LogP contribution in [0.4, 0.5) is 10.2 Å². The molecular formula is C28H27FN6O2.